The number of carbonyl (C=O) groups is 1. The van der Waals surface area contributed by atoms with E-state index in [1.165, 1.54) is 0 Å². The molecule has 5 heteroatoms. The van der Waals surface area contributed by atoms with Gasteiger partial charge in [0.2, 0.25) is 0 Å². The molecule has 0 radical (unpaired) electrons. The summed E-state index contributed by atoms with van der Waals surface area (Å²) in [7, 11) is 0. The summed E-state index contributed by atoms with van der Waals surface area (Å²) in [5.41, 5.74) is 5.78. The Kier molecular flexibility index (Phi) is 4.09. The minimum atomic E-state index is -0.546. The molecule has 1 aromatic carbocycles. The number of ether oxygens (including phenoxy) is 1. The van der Waals surface area contributed by atoms with Crippen LogP contribution in [0.2, 0.25) is 5.02 Å². The van der Waals surface area contributed by atoms with Gasteiger partial charge in [0.25, 0.3) is 5.91 Å². The van der Waals surface area contributed by atoms with Crippen LogP contribution in [0, 0.1) is 0 Å². The molecule has 1 aliphatic rings. The number of halogens is 1. The predicted molar refractivity (Wildman–Crippen MR) is 70.7 cm³/mol. The quantitative estimate of drug-likeness (QED) is 0.907. The molecule has 1 heterocycles. The summed E-state index contributed by atoms with van der Waals surface area (Å²) in [6.07, 6.45) is 0.306. The second-order valence-corrected chi connectivity index (χ2v) is 4.93. The van der Waals surface area contributed by atoms with E-state index in [-0.39, 0.29) is 11.9 Å². The summed E-state index contributed by atoms with van der Waals surface area (Å²) >= 11 is 5.99. The topological polar surface area (TPSA) is 55.6 Å². The Hall–Kier alpha value is -1.26. The molecule has 1 aromatic rings. The highest BCUT2D eigenvalue weighted by molar-refractivity contribution is 6.32. The Morgan fingerprint density at radius 1 is 1.56 bits per heavy atom. The highest BCUT2D eigenvalue weighted by atomic mass is 35.5. The van der Waals surface area contributed by atoms with E-state index < -0.39 is 6.10 Å². The molecule has 0 aromatic heterocycles. The van der Waals surface area contributed by atoms with Crippen LogP contribution in [0.4, 0.5) is 0 Å². The zero-order chi connectivity index (χ0) is 13.1. The lowest BCUT2D eigenvalue weighted by molar-refractivity contribution is -0.136. The van der Waals surface area contributed by atoms with Gasteiger partial charge in [-0.05, 0) is 25.5 Å². The van der Waals surface area contributed by atoms with Crippen LogP contribution in [0.1, 0.15) is 13.3 Å². The molecule has 2 atom stereocenters. The van der Waals surface area contributed by atoms with E-state index >= 15 is 0 Å². The van der Waals surface area contributed by atoms with Crippen molar-refractivity contribution in [3.05, 3.63) is 29.3 Å². The molecule has 0 saturated carbocycles. The van der Waals surface area contributed by atoms with Crippen molar-refractivity contribution in [2.45, 2.75) is 25.5 Å². The van der Waals surface area contributed by atoms with Gasteiger partial charge in [-0.15, -0.1) is 0 Å². The van der Waals surface area contributed by atoms with E-state index in [9.17, 15) is 4.79 Å². The smallest absolute Gasteiger partial charge is 0.263 e. The number of amides is 1. The van der Waals surface area contributed by atoms with Crippen LogP contribution < -0.4 is 10.5 Å². The average Bonchev–Trinajstić information content (AvgIpc) is 2.78. The molecule has 0 unspecified atom stereocenters. The van der Waals surface area contributed by atoms with Crippen molar-refractivity contribution in [2.24, 2.45) is 5.73 Å². The maximum atomic E-state index is 12.1. The molecule has 1 saturated heterocycles. The molecule has 1 aliphatic heterocycles. The maximum absolute atomic E-state index is 12.1. The number of benzene rings is 1. The van der Waals surface area contributed by atoms with Crippen molar-refractivity contribution in [3.8, 4) is 5.75 Å². The van der Waals surface area contributed by atoms with Crippen LogP contribution in [-0.2, 0) is 4.79 Å². The predicted octanol–water partition coefficient (Wildman–Crippen LogP) is 1.67. The Morgan fingerprint density at radius 3 is 2.89 bits per heavy atom. The SMILES string of the molecule is C[C@H](Oc1ccccc1Cl)C(=O)N1CC[C@@H](N)C1. The van der Waals surface area contributed by atoms with Gasteiger partial charge in [0.05, 0.1) is 5.02 Å². The van der Waals surface area contributed by atoms with Gasteiger partial charge in [0.1, 0.15) is 5.75 Å². The van der Waals surface area contributed by atoms with Crippen LogP contribution in [0.3, 0.4) is 0 Å². The Morgan fingerprint density at radius 2 is 2.28 bits per heavy atom. The number of hydrogen-bond donors (Lipinski definition) is 1. The summed E-state index contributed by atoms with van der Waals surface area (Å²) in [4.78, 5) is 13.9. The van der Waals surface area contributed by atoms with Crippen molar-refractivity contribution in [1.82, 2.24) is 4.90 Å². The van der Waals surface area contributed by atoms with E-state index in [1.54, 1.807) is 24.0 Å². The van der Waals surface area contributed by atoms with E-state index in [1.807, 2.05) is 12.1 Å². The van der Waals surface area contributed by atoms with E-state index in [0.29, 0.717) is 23.9 Å². The van der Waals surface area contributed by atoms with Crippen molar-refractivity contribution in [2.75, 3.05) is 13.1 Å². The summed E-state index contributed by atoms with van der Waals surface area (Å²) in [6.45, 7) is 3.04. The van der Waals surface area contributed by atoms with Gasteiger partial charge < -0.3 is 15.4 Å². The first-order valence-corrected chi connectivity index (χ1v) is 6.41. The molecule has 18 heavy (non-hydrogen) atoms. The second kappa shape index (κ2) is 5.59. The van der Waals surface area contributed by atoms with Crippen molar-refractivity contribution in [1.29, 1.82) is 0 Å². The van der Waals surface area contributed by atoms with Gasteiger partial charge in [-0.1, -0.05) is 23.7 Å². The highest BCUT2D eigenvalue weighted by Gasteiger charge is 2.28. The lowest BCUT2D eigenvalue weighted by Crippen LogP contribution is -2.40. The zero-order valence-corrected chi connectivity index (χ0v) is 11.1. The minimum Gasteiger partial charge on any atom is -0.479 e. The lowest BCUT2D eigenvalue weighted by atomic mass is 10.3. The molecule has 1 fully saturated rings. The zero-order valence-electron chi connectivity index (χ0n) is 10.3. The molecular weight excluding hydrogens is 252 g/mol. The number of carbonyl (C=O) groups excluding carboxylic acids is 1. The Balaban J connectivity index is 1.98. The number of likely N-dealkylation sites (tertiary alicyclic amines) is 1. The number of rotatable bonds is 3. The maximum Gasteiger partial charge on any atom is 0.263 e. The largest absolute Gasteiger partial charge is 0.479 e. The first kappa shape index (κ1) is 13.2. The third-order valence-corrected chi connectivity index (χ3v) is 3.34. The molecule has 0 spiro atoms. The molecule has 1 amide bonds. The Labute approximate surface area is 112 Å². The van der Waals surface area contributed by atoms with E-state index in [4.69, 9.17) is 22.1 Å². The molecular formula is C13H17ClN2O2. The first-order valence-electron chi connectivity index (χ1n) is 6.03. The summed E-state index contributed by atoms with van der Waals surface area (Å²) in [6, 6.07) is 7.22. The van der Waals surface area contributed by atoms with Crippen LogP contribution in [0.15, 0.2) is 24.3 Å². The lowest BCUT2D eigenvalue weighted by Gasteiger charge is -2.21. The van der Waals surface area contributed by atoms with Gasteiger partial charge >= 0.3 is 0 Å². The number of nitrogens with zero attached hydrogens (tertiary/aromatic N) is 1. The summed E-state index contributed by atoms with van der Waals surface area (Å²) < 4.78 is 5.59. The molecule has 2 rings (SSSR count). The van der Waals surface area contributed by atoms with Gasteiger partial charge in [-0.25, -0.2) is 0 Å². The van der Waals surface area contributed by atoms with Gasteiger partial charge in [0, 0.05) is 19.1 Å². The number of nitrogens with two attached hydrogens (primary N) is 1. The fourth-order valence-corrected chi connectivity index (χ4v) is 2.21. The summed E-state index contributed by atoms with van der Waals surface area (Å²) in [5, 5.41) is 0.510. The fourth-order valence-electron chi connectivity index (χ4n) is 2.03. The number of hydrogen-bond acceptors (Lipinski definition) is 3. The number of para-hydroxylation sites is 1. The molecule has 98 valence electrons. The summed E-state index contributed by atoms with van der Waals surface area (Å²) in [5.74, 6) is 0.492. The standard InChI is InChI=1S/C13H17ClN2O2/c1-9(13(17)16-7-6-10(15)8-16)18-12-5-3-2-4-11(12)14/h2-5,9-10H,6-8,15H2,1H3/t9-,10+/m0/s1. The molecule has 0 bridgehead atoms. The van der Waals surface area contributed by atoms with Gasteiger partial charge in [0.15, 0.2) is 6.10 Å². The minimum absolute atomic E-state index is 0.0390. The Bertz CT molecular complexity index is 439. The third-order valence-electron chi connectivity index (χ3n) is 3.02. The molecule has 4 nitrogen and oxygen atoms in total. The normalized spacial score (nSPS) is 20.8. The van der Waals surface area contributed by atoms with Crippen molar-refractivity contribution >= 4 is 17.5 Å². The van der Waals surface area contributed by atoms with Crippen LogP contribution in [0.25, 0.3) is 0 Å². The second-order valence-electron chi connectivity index (χ2n) is 4.52. The average molecular weight is 269 g/mol. The van der Waals surface area contributed by atoms with Crippen molar-refractivity contribution in [3.63, 3.8) is 0 Å². The third kappa shape index (κ3) is 2.94. The van der Waals surface area contributed by atoms with E-state index in [0.717, 1.165) is 6.42 Å². The van der Waals surface area contributed by atoms with Crippen molar-refractivity contribution < 1.29 is 9.53 Å². The monoisotopic (exact) mass is 268 g/mol. The fraction of sp³-hybridized carbons (Fsp3) is 0.462. The van der Waals surface area contributed by atoms with Gasteiger partial charge in [-0.3, -0.25) is 4.79 Å². The molecule has 0 aliphatic carbocycles. The van der Waals surface area contributed by atoms with Crippen LogP contribution in [0.5, 0.6) is 5.75 Å². The van der Waals surface area contributed by atoms with E-state index in [2.05, 4.69) is 0 Å². The van der Waals surface area contributed by atoms with Crippen LogP contribution in [-0.4, -0.2) is 36.0 Å². The highest BCUT2D eigenvalue weighted by Crippen LogP contribution is 2.24. The molecule has 2 N–H and O–H groups in total. The van der Waals surface area contributed by atoms with Gasteiger partial charge in [-0.2, -0.15) is 0 Å². The van der Waals surface area contributed by atoms with Crippen LogP contribution >= 0.6 is 11.6 Å². The first-order chi connectivity index (χ1) is 8.58.